The van der Waals surface area contributed by atoms with Crippen LogP contribution in [0.3, 0.4) is 0 Å². The molecule has 4 nitrogen and oxygen atoms in total. The van der Waals surface area contributed by atoms with E-state index in [4.69, 9.17) is 15.0 Å². The largest absolute Gasteiger partial charge is 0.309 e. The first-order chi connectivity index (χ1) is 28.2. The predicted octanol–water partition coefficient (Wildman–Crippen LogP) is 14.4. The zero-order valence-corrected chi connectivity index (χ0v) is 32.1. The van der Waals surface area contributed by atoms with E-state index in [-0.39, 0.29) is 0 Å². The van der Waals surface area contributed by atoms with E-state index in [1.807, 2.05) is 83.3 Å². The normalized spacial score (nSPS) is 11.9. The molecular weight excluding hydrogens is 733 g/mol. The van der Waals surface area contributed by atoms with Gasteiger partial charge in [0, 0.05) is 73.5 Å². The van der Waals surface area contributed by atoms with Crippen molar-refractivity contribution in [1.82, 2.24) is 19.5 Å². The fourth-order valence-electron chi connectivity index (χ4n) is 8.35. The molecule has 12 aromatic rings. The molecular formula is C51H30N4S2. The summed E-state index contributed by atoms with van der Waals surface area (Å²) in [5.74, 6) is 1.99. The average molecular weight is 763 g/mol. The van der Waals surface area contributed by atoms with Crippen LogP contribution in [0.1, 0.15) is 0 Å². The standard InChI is InChI=1S/C51H30N4S2/c1-4-12-31(13-5-1)49-52-50(32-14-6-2-7-15-32)54-51(53-49)35-21-24-39-38-23-20-34(29-45(38)56-46(39)30-35)33-22-26-42-41(28-33)47-43(55(42)36-16-8-3-9-17-36)27-25-40-37-18-10-11-19-44(37)57-48(40)47/h1-30H. The van der Waals surface area contributed by atoms with Crippen molar-refractivity contribution in [3.05, 3.63) is 182 Å². The minimum atomic E-state index is 0.664. The number of nitrogens with zero attached hydrogens (tertiary/aromatic N) is 4. The van der Waals surface area contributed by atoms with E-state index < -0.39 is 0 Å². The summed E-state index contributed by atoms with van der Waals surface area (Å²) in [5, 5.41) is 7.71. The fraction of sp³-hybridized carbons (Fsp3) is 0. The second-order valence-corrected chi connectivity index (χ2v) is 16.5. The highest BCUT2D eigenvalue weighted by molar-refractivity contribution is 7.27. The van der Waals surface area contributed by atoms with E-state index in [9.17, 15) is 0 Å². The highest BCUT2D eigenvalue weighted by Crippen LogP contribution is 2.45. The van der Waals surface area contributed by atoms with E-state index >= 15 is 0 Å². The number of fused-ring (bicyclic) bond motifs is 10. The smallest absolute Gasteiger partial charge is 0.164 e. The lowest BCUT2D eigenvalue weighted by Crippen LogP contribution is -1.99. The lowest BCUT2D eigenvalue weighted by molar-refractivity contribution is 1.07. The van der Waals surface area contributed by atoms with Crippen LogP contribution in [-0.2, 0) is 0 Å². The van der Waals surface area contributed by atoms with Gasteiger partial charge in [0.25, 0.3) is 0 Å². The molecule has 0 radical (unpaired) electrons. The van der Waals surface area contributed by atoms with Gasteiger partial charge in [-0.2, -0.15) is 0 Å². The molecule has 4 aromatic heterocycles. The van der Waals surface area contributed by atoms with Gasteiger partial charge in [0.2, 0.25) is 0 Å². The van der Waals surface area contributed by atoms with Gasteiger partial charge in [-0.3, -0.25) is 0 Å². The van der Waals surface area contributed by atoms with Crippen LogP contribution in [0.4, 0.5) is 0 Å². The molecule has 0 aliphatic heterocycles. The summed E-state index contributed by atoms with van der Waals surface area (Å²) in [7, 11) is 0. The maximum atomic E-state index is 4.99. The minimum Gasteiger partial charge on any atom is -0.309 e. The summed E-state index contributed by atoms with van der Waals surface area (Å²) in [6, 6.07) is 64.9. The van der Waals surface area contributed by atoms with Crippen LogP contribution in [0.15, 0.2) is 182 Å². The summed E-state index contributed by atoms with van der Waals surface area (Å²) in [5.41, 5.74) is 8.92. The van der Waals surface area contributed by atoms with E-state index in [0.717, 1.165) is 16.7 Å². The van der Waals surface area contributed by atoms with Gasteiger partial charge in [0.1, 0.15) is 0 Å². The van der Waals surface area contributed by atoms with Gasteiger partial charge in [0.05, 0.1) is 11.0 Å². The second-order valence-electron chi connectivity index (χ2n) is 14.4. The number of thiophene rings is 2. The Balaban J connectivity index is 0.999. The summed E-state index contributed by atoms with van der Waals surface area (Å²) >= 11 is 3.71. The van der Waals surface area contributed by atoms with Crippen molar-refractivity contribution in [2.24, 2.45) is 0 Å². The highest BCUT2D eigenvalue weighted by atomic mass is 32.1. The molecule has 0 bridgehead atoms. The fourth-order valence-corrected chi connectivity index (χ4v) is 10.8. The lowest BCUT2D eigenvalue weighted by Gasteiger charge is -2.08. The molecule has 57 heavy (non-hydrogen) atoms. The van der Waals surface area contributed by atoms with Crippen molar-refractivity contribution in [2.75, 3.05) is 0 Å². The molecule has 0 saturated heterocycles. The Morgan fingerprint density at radius 2 is 0.842 bits per heavy atom. The number of hydrogen-bond acceptors (Lipinski definition) is 5. The topological polar surface area (TPSA) is 43.6 Å². The van der Waals surface area contributed by atoms with E-state index in [1.165, 1.54) is 79.0 Å². The molecule has 6 heteroatoms. The minimum absolute atomic E-state index is 0.664. The molecule has 12 rings (SSSR count). The lowest BCUT2D eigenvalue weighted by atomic mass is 10.0. The summed E-state index contributed by atoms with van der Waals surface area (Å²) in [6.07, 6.45) is 0. The van der Waals surface area contributed by atoms with Crippen molar-refractivity contribution in [3.63, 3.8) is 0 Å². The van der Waals surface area contributed by atoms with Crippen LogP contribution in [0.2, 0.25) is 0 Å². The number of hydrogen-bond donors (Lipinski definition) is 0. The highest BCUT2D eigenvalue weighted by Gasteiger charge is 2.19. The Labute approximate surface area is 335 Å². The number of benzene rings is 8. The Hall–Kier alpha value is -6.99. The van der Waals surface area contributed by atoms with Crippen molar-refractivity contribution in [2.45, 2.75) is 0 Å². The zero-order valence-electron chi connectivity index (χ0n) is 30.4. The quantitative estimate of drug-likeness (QED) is 0.175. The van der Waals surface area contributed by atoms with E-state index in [0.29, 0.717) is 17.5 Å². The first-order valence-corrected chi connectivity index (χ1v) is 20.6. The molecule has 0 atom stereocenters. The Bertz CT molecular complexity index is 3450. The molecule has 0 fully saturated rings. The molecule has 0 N–H and O–H groups in total. The Morgan fingerprint density at radius 1 is 0.333 bits per heavy atom. The third kappa shape index (κ3) is 5.22. The first-order valence-electron chi connectivity index (χ1n) is 19.0. The van der Waals surface area contributed by atoms with Crippen LogP contribution in [0.25, 0.3) is 113 Å². The SMILES string of the molecule is c1ccc(-c2nc(-c3ccccc3)nc(-c3ccc4c(c3)sc3cc(-c5ccc6c(c5)c5c7sc8ccccc8c7ccc5n6-c5ccccc5)ccc34)n2)cc1. The van der Waals surface area contributed by atoms with E-state index in [1.54, 1.807) is 0 Å². The van der Waals surface area contributed by atoms with Crippen LogP contribution in [0.5, 0.6) is 0 Å². The van der Waals surface area contributed by atoms with Crippen molar-refractivity contribution >= 4 is 84.8 Å². The second kappa shape index (κ2) is 12.8. The summed E-state index contributed by atoms with van der Waals surface area (Å²) in [4.78, 5) is 14.9. The van der Waals surface area contributed by atoms with Crippen LogP contribution >= 0.6 is 22.7 Å². The van der Waals surface area contributed by atoms with E-state index in [2.05, 4.69) is 126 Å². The summed E-state index contributed by atoms with van der Waals surface area (Å²) < 4.78 is 7.54. The molecule has 0 unspecified atom stereocenters. The third-order valence-electron chi connectivity index (χ3n) is 11.1. The average Bonchev–Trinajstić information content (AvgIpc) is 3.95. The van der Waals surface area contributed by atoms with Gasteiger partial charge >= 0.3 is 0 Å². The van der Waals surface area contributed by atoms with Crippen LogP contribution < -0.4 is 0 Å². The predicted molar refractivity (Wildman–Crippen MR) is 242 cm³/mol. The van der Waals surface area contributed by atoms with Crippen molar-refractivity contribution in [1.29, 1.82) is 0 Å². The van der Waals surface area contributed by atoms with Gasteiger partial charge in [0.15, 0.2) is 17.5 Å². The molecule has 266 valence electrons. The van der Waals surface area contributed by atoms with Crippen molar-refractivity contribution in [3.8, 4) is 51.0 Å². The zero-order chi connectivity index (χ0) is 37.5. The number of para-hydroxylation sites is 1. The van der Waals surface area contributed by atoms with Gasteiger partial charge in [-0.05, 0) is 59.7 Å². The maximum absolute atomic E-state index is 4.99. The van der Waals surface area contributed by atoms with Crippen LogP contribution in [-0.4, -0.2) is 19.5 Å². The number of aromatic nitrogens is 4. The van der Waals surface area contributed by atoms with Gasteiger partial charge in [-0.25, -0.2) is 15.0 Å². The molecule has 8 aromatic carbocycles. The summed E-state index contributed by atoms with van der Waals surface area (Å²) in [6.45, 7) is 0. The number of rotatable bonds is 5. The molecule has 0 spiro atoms. The van der Waals surface area contributed by atoms with Gasteiger partial charge < -0.3 is 4.57 Å². The van der Waals surface area contributed by atoms with Crippen LogP contribution in [0, 0.1) is 0 Å². The Morgan fingerprint density at radius 3 is 1.54 bits per heavy atom. The monoisotopic (exact) mass is 762 g/mol. The van der Waals surface area contributed by atoms with Gasteiger partial charge in [-0.15, -0.1) is 22.7 Å². The molecule has 0 aliphatic rings. The molecule has 0 saturated carbocycles. The maximum Gasteiger partial charge on any atom is 0.164 e. The molecule has 4 heterocycles. The molecule has 0 amide bonds. The third-order valence-corrected chi connectivity index (χ3v) is 13.4. The van der Waals surface area contributed by atoms with Gasteiger partial charge in [-0.1, -0.05) is 133 Å². The Kier molecular flexibility index (Phi) is 7.24. The first kappa shape index (κ1) is 32.3. The van der Waals surface area contributed by atoms with Crippen molar-refractivity contribution < 1.29 is 0 Å². The molecule has 0 aliphatic carbocycles.